The minimum absolute atomic E-state index is 0.150. The summed E-state index contributed by atoms with van der Waals surface area (Å²) in [5, 5.41) is 21.1. The molecule has 1 unspecified atom stereocenters. The summed E-state index contributed by atoms with van der Waals surface area (Å²) in [5.74, 6) is 0.930. The molecule has 2 aromatic rings. The summed E-state index contributed by atoms with van der Waals surface area (Å²) in [7, 11) is 0. The number of benzene rings is 1. The highest BCUT2D eigenvalue weighted by Gasteiger charge is 2.22. The second-order valence-corrected chi connectivity index (χ2v) is 8.34. The number of aromatic hydroxyl groups is 1. The minimum atomic E-state index is -0.474. The Morgan fingerprint density at radius 1 is 1.19 bits per heavy atom. The van der Waals surface area contributed by atoms with Crippen LogP contribution in [0, 0.1) is 6.92 Å². The first-order chi connectivity index (χ1) is 12.9. The Labute approximate surface area is 165 Å². The molecular weight excluding hydrogens is 362 g/mol. The van der Waals surface area contributed by atoms with Crippen LogP contribution in [0.3, 0.4) is 0 Å². The molecule has 2 N–H and O–H groups in total. The molecule has 7 heteroatoms. The zero-order chi connectivity index (χ0) is 19.4. The van der Waals surface area contributed by atoms with Crippen molar-refractivity contribution >= 4 is 17.0 Å². The zero-order valence-electron chi connectivity index (χ0n) is 16.3. The number of aliphatic hydroxyl groups excluding tert-OH is 1. The van der Waals surface area contributed by atoms with Crippen molar-refractivity contribution < 1.29 is 14.9 Å². The van der Waals surface area contributed by atoms with Crippen LogP contribution in [0.5, 0.6) is 10.8 Å². The van der Waals surface area contributed by atoms with Gasteiger partial charge >= 0.3 is 0 Å². The van der Waals surface area contributed by atoms with Crippen LogP contribution in [0.15, 0.2) is 24.3 Å². The second-order valence-electron chi connectivity index (χ2n) is 7.28. The fourth-order valence-corrected chi connectivity index (χ4v) is 4.21. The number of ether oxygens (including phenoxy) is 1. The van der Waals surface area contributed by atoms with E-state index in [2.05, 4.69) is 20.9 Å². The lowest BCUT2D eigenvalue weighted by atomic mass is 10.2. The van der Waals surface area contributed by atoms with Crippen LogP contribution in [0.4, 0.5) is 5.69 Å². The van der Waals surface area contributed by atoms with E-state index in [1.54, 1.807) is 6.92 Å². The number of rotatable bonds is 7. The van der Waals surface area contributed by atoms with Crippen molar-refractivity contribution in [3.05, 3.63) is 35.0 Å². The maximum absolute atomic E-state index is 10.4. The van der Waals surface area contributed by atoms with Crippen LogP contribution in [0.25, 0.3) is 0 Å². The van der Waals surface area contributed by atoms with Gasteiger partial charge in [0.05, 0.1) is 28.6 Å². The normalized spacial score (nSPS) is 16.7. The predicted molar refractivity (Wildman–Crippen MR) is 109 cm³/mol. The molecule has 1 saturated heterocycles. The predicted octanol–water partition coefficient (Wildman–Crippen LogP) is 2.67. The maximum Gasteiger partial charge on any atom is 0.194 e. The van der Waals surface area contributed by atoms with Gasteiger partial charge in [0.2, 0.25) is 0 Å². The summed E-state index contributed by atoms with van der Waals surface area (Å²) < 4.78 is 5.95. The van der Waals surface area contributed by atoms with Gasteiger partial charge < -0.3 is 19.8 Å². The molecule has 0 radical (unpaired) electrons. The fourth-order valence-electron chi connectivity index (χ4n) is 3.34. The molecule has 0 bridgehead atoms. The lowest BCUT2D eigenvalue weighted by molar-refractivity contribution is 0.109. The summed E-state index contributed by atoms with van der Waals surface area (Å²) in [4.78, 5) is 8.93. The van der Waals surface area contributed by atoms with Crippen LogP contribution < -0.4 is 9.64 Å². The van der Waals surface area contributed by atoms with Gasteiger partial charge in [-0.15, -0.1) is 0 Å². The van der Waals surface area contributed by atoms with Gasteiger partial charge in [-0.1, -0.05) is 23.5 Å². The minimum Gasteiger partial charge on any atom is -0.498 e. The summed E-state index contributed by atoms with van der Waals surface area (Å²) in [6.07, 6.45) is 0.159. The molecule has 0 saturated carbocycles. The van der Waals surface area contributed by atoms with Gasteiger partial charge in [-0.2, -0.15) is 0 Å². The Balaban J connectivity index is 1.52. The summed E-state index contributed by atoms with van der Waals surface area (Å²) in [5.41, 5.74) is 1.78. The Morgan fingerprint density at radius 2 is 1.89 bits per heavy atom. The smallest absolute Gasteiger partial charge is 0.194 e. The first kappa shape index (κ1) is 19.9. The number of nitrogens with zero attached hydrogens (tertiary/aromatic N) is 3. The molecule has 1 aliphatic heterocycles. The van der Waals surface area contributed by atoms with E-state index >= 15 is 0 Å². The number of piperazine rings is 1. The van der Waals surface area contributed by atoms with E-state index in [1.807, 2.05) is 32.0 Å². The number of aliphatic hydroxyl groups is 1. The van der Waals surface area contributed by atoms with Gasteiger partial charge in [-0.05, 0) is 32.9 Å². The van der Waals surface area contributed by atoms with Crippen molar-refractivity contribution in [2.24, 2.45) is 0 Å². The van der Waals surface area contributed by atoms with Gasteiger partial charge in [0.1, 0.15) is 5.75 Å². The molecule has 27 heavy (non-hydrogen) atoms. The lowest BCUT2D eigenvalue weighted by Gasteiger charge is -2.37. The van der Waals surface area contributed by atoms with Crippen molar-refractivity contribution in [1.29, 1.82) is 0 Å². The Kier molecular flexibility index (Phi) is 6.57. The summed E-state index contributed by atoms with van der Waals surface area (Å²) >= 11 is 1.25. The monoisotopic (exact) mass is 391 g/mol. The highest BCUT2D eigenvalue weighted by molar-refractivity contribution is 7.13. The van der Waals surface area contributed by atoms with Gasteiger partial charge in [0.25, 0.3) is 0 Å². The fraction of sp³-hybridized carbons (Fsp3) is 0.550. The first-order valence-corrected chi connectivity index (χ1v) is 10.3. The Bertz CT molecular complexity index is 722. The quantitative estimate of drug-likeness (QED) is 0.756. The Morgan fingerprint density at radius 3 is 2.52 bits per heavy atom. The molecular formula is C20H29N3O3S. The number of aryl methyl sites for hydroxylation is 1. The van der Waals surface area contributed by atoms with Gasteiger partial charge in [-0.3, -0.25) is 4.90 Å². The average molecular weight is 392 g/mol. The molecule has 1 aliphatic rings. The molecule has 3 rings (SSSR count). The molecule has 0 spiro atoms. The number of hydrogen-bond acceptors (Lipinski definition) is 7. The number of β-amino-alcohol motifs (C(OH)–C–C–N with tert-alkyl or cyclic N) is 1. The number of para-hydroxylation sites is 2. The maximum atomic E-state index is 10.4. The number of anilines is 1. The van der Waals surface area contributed by atoms with Crippen molar-refractivity contribution in [3.63, 3.8) is 0 Å². The number of thiazole rings is 1. The van der Waals surface area contributed by atoms with E-state index in [0.29, 0.717) is 18.7 Å². The van der Waals surface area contributed by atoms with Gasteiger partial charge in [0, 0.05) is 39.1 Å². The molecule has 1 atom stereocenters. The third-order valence-corrected chi connectivity index (χ3v) is 5.62. The van der Waals surface area contributed by atoms with Crippen LogP contribution in [-0.4, -0.2) is 65.0 Å². The molecule has 0 amide bonds. The van der Waals surface area contributed by atoms with Crippen LogP contribution in [-0.2, 0) is 6.42 Å². The number of aromatic nitrogens is 1. The largest absolute Gasteiger partial charge is 0.498 e. The van der Waals surface area contributed by atoms with E-state index in [1.165, 1.54) is 11.3 Å². The van der Waals surface area contributed by atoms with Crippen LogP contribution >= 0.6 is 11.3 Å². The Hall–Kier alpha value is -1.83. The molecule has 1 fully saturated rings. The van der Waals surface area contributed by atoms with Crippen molar-refractivity contribution in [2.75, 3.05) is 37.6 Å². The summed E-state index contributed by atoms with van der Waals surface area (Å²) in [6, 6.07) is 8.19. The first-order valence-electron chi connectivity index (χ1n) is 9.48. The zero-order valence-corrected chi connectivity index (χ0v) is 17.1. The summed E-state index contributed by atoms with van der Waals surface area (Å²) in [6.45, 7) is 10.1. The third-order valence-electron chi connectivity index (χ3n) is 4.64. The van der Waals surface area contributed by atoms with E-state index < -0.39 is 6.10 Å². The molecule has 1 aromatic heterocycles. The van der Waals surface area contributed by atoms with E-state index in [-0.39, 0.29) is 11.2 Å². The van der Waals surface area contributed by atoms with Gasteiger partial charge in [0.15, 0.2) is 5.06 Å². The third kappa shape index (κ3) is 5.34. The van der Waals surface area contributed by atoms with E-state index in [4.69, 9.17) is 4.74 Å². The topological polar surface area (TPSA) is 69.1 Å². The SMILES string of the molecule is Cc1nc(CC(O)CN2CCN(c3ccccc3OC(C)C)CC2)sc1O. The average Bonchev–Trinajstić information content (AvgIpc) is 2.93. The molecule has 1 aromatic carbocycles. The highest BCUT2D eigenvalue weighted by Crippen LogP contribution is 2.30. The molecule has 6 nitrogen and oxygen atoms in total. The number of hydrogen-bond donors (Lipinski definition) is 2. The van der Waals surface area contributed by atoms with Crippen LogP contribution in [0.1, 0.15) is 24.5 Å². The van der Waals surface area contributed by atoms with Gasteiger partial charge in [-0.25, -0.2) is 4.98 Å². The molecule has 2 heterocycles. The van der Waals surface area contributed by atoms with Crippen molar-refractivity contribution in [3.8, 4) is 10.8 Å². The highest BCUT2D eigenvalue weighted by atomic mass is 32.1. The molecule has 148 valence electrons. The van der Waals surface area contributed by atoms with E-state index in [0.717, 1.165) is 42.6 Å². The van der Waals surface area contributed by atoms with Crippen LogP contribution in [0.2, 0.25) is 0 Å². The van der Waals surface area contributed by atoms with Crippen molar-refractivity contribution in [1.82, 2.24) is 9.88 Å². The lowest BCUT2D eigenvalue weighted by Crippen LogP contribution is -2.49. The standard InChI is InChI=1S/C20H29N3O3S/c1-14(2)26-18-7-5-4-6-17(18)23-10-8-22(9-11-23)13-16(24)12-19-21-15(3)20(25)27-19/h4-7,14,16,24-25H,8-13H2,1-3H3. The van der Waals surface area contributed by atoms with Crippen molar-refractivity contribution in [2.45, 2.75) is 39.4 Å². The van der Waals surface area contributed by atoms with E-state index in [9.17, 15) is 10.2 Å². The molecule has 0 aliphatic carbocycles. The second kappa shape index (κ2) is 8.91.